The Labute approximate surface area is 122 Å². The van der Waals surface area contributed by atoms with Crippen molar-refractivity contribution in [3.8, 4) is 0 Å². The molecule has 0 spiro atoms. The lowest BCUT2D eigenvalue weighted by Gasteiger charge is -2.27. The lowest BCUT2D eigenvalue weighted by atomic mass is 10.0. The second-order valence-corrected chi connectivity index (χ2v) is 5.96. The van der Waals surface area contributed by atoms with Gasteiger partial charge in [0, 0.05) is 30.1 Å². The number of nitrogens with one attached hydrogen (secondary N) is 1. The molecule has 5 heteroatoms. The van der Waals surface area contributed by atoms with E-state index >= 15 is 0 Å². The number of benzene rings is 1. The van der Waals surface area contributed by atoms with Crippen LogP contribution in [0.25, 0.3) is 0 Å². The fraction of sp³-hybridized carbons (Fsp3) is 0.267. The van der Waals surface area contributed by atoms with E-state index in [4.69, 9.17) is 5.84 Å². The van der Waals surface area contributed by atoms with Gasteiger partial charge in [0.1, 0.15) is 0 Å². The first kappa shape index (κ1) is 13.3. The number of fused-ring (bicyclic) bond motifs is 1. The van der Waals surface area contributed by atoms with Gasteiger partial charge in [-0.2, -0.15) is 0 Å². The number of nitrogen functional groups attached to an aromatic ring is 1. The highest BCUT2D eigenvalue weighted by Crippen LogP contribution is 2.25. The normalized spacial score (nSPS) is 14.8. The van der Waals surface area contributed by atoms with Gasteiger partial charge in [-0.3, -0.25) is 15.1 Å². The number of nitrogens with zero attached hydrogens (tertiary/aromatic N) is 1. The van der Waals surface area contributed by atoms with Crippen LogP contribution in [0.15, 0.2) is 35.7 Å². The molecule has 1 aromatic heterocycles. The third-order valence-electron chi connectivity index (χ3n) is 3.67. The molecule has 20 heavy (non-hydrogen) atoms. The fourth-order valence-corrected chi connectivity index (χ4v) is 3.53. The molecule has 1 aliphatic heterocycles. The summed E-state index contributed by atoms with van der Waals surface area (Å²) in [6.07, 6.45) is 1.10. The molecule has 0 bridgehead atoms. The van der Waals surface area contributed by atoms with E-state index in [1.807, 2.05) is 35.6 Å². The molecule has 2 heterocycles. The molecule has 0 fully saturated rings. The lowest BCUT2D eigenvalue weighted by Crippen LogP contribution is -2.33. The van der Waals surface area contributed by atoms with Gasteiger partial charge in [-0.05, 0) is 35.1 Å². The highest BCUT2D eigenvalue weighted by molar-refractivity contribution is 7.10. The number of nitrogens with two attached hydrogens (primary N) is 1. The minimum atomic E-state index is -0.228. The zero-order valence-corrected chi connectivity index (χ0v) is 12.0. The summed E-state index contributed by atoms with van der Waals surface area (Å²) in [7, 11) is 0. The van der Waals surface area contributed by atoms with Crippen molar-refractivity contribution in [1.82, 2.24) is 10.3 Å². The van der Waals surface area contributed by atoms with Crippen molar-refractivity contribution in [2.75, 3.05) is 6.54 Å². The van der Waals surface area contributed by atoms with Crippen LogP contribution in [0, 0.1) is 0 Å². The van der Waals surface area contributed by atoms with Crippen LogP contribution in [0.3, 0.4) is 0 Å². The van der Waals surface area contributed by atoms with E-state index in [0.717, 1.165) is 31.6 Å². The molecule has 0 saturated heterocycles. The van der Waals surface area contributed by atoms with Crippen LogP contribution >= 0.6 is 11.3 Å². The first-order chi connectivity index (χ1) is 9.78. The van der Waals surface area contributed by atoms with E-state index in [1.54, 1.807) is 0 Å². The molecule has 2 aromatic rings. The number of hydrogen-bond donors (Lipinski definition) is 2. The van der Waals surface area contributed by atoms with Crippen LogP contribution < -0.4 is 11.3 Å². The van der Waals surface area contributed by atoms with Crippen molar-refractivity contribution in [1.29, 1.82) is 0 Å². The van der Waals surface area contributed by atoms with Crippen molar-refractivity contribution in [2.45, 2.75) is 19.5 Å². The monoisotopic (exact) mass is 287 g/mol. The minimum absolute atomic E-state index is 0.228. The summed E-state index contributed by atoms with van der Waals surface area (Å²) in [6, 6.07) is 9.83. The Bertz CT molecular complexity index is 623. The summed E-state index contributed by atoms with van der Waals surface area (Å²) in [5.41, 5.74) is 5.31. The topological polar surface area (TPSA) is 58.4 Å². The first-order valence-electron chi connectivity index (χ1n) is 6.64. The molecule has 0 aliphatic carbocycles. The van der Waals surface area contributed by atoms with Gasteiger partial charge in [-0.1, -0.05) is 18.2 Å². The Morgan fingerprint density at radius 3 is 3.05 bits per heavy atom. The molecule has 1 amide bonds. The highest BCUT2D eigenvalue weighted by atomic mass is 32.1. The largest absolute Gasteiger partial charge is 0.294 e. The second-order valence-electron chi connectivity index (χ2n) is 4.96. The van der Waals surface area contributed by atoms with Gasteiger partial charge in [0.15, 0.2) is 0 Å². The average molecular weight is 287 g/mol. The van der Waals surface area contributed by atoms with E-state index < -0.39 is 0 Å². The third kappa shape index (κ3) is 2.60. The van der Waals surface area contributed by atoms with Gasteiger partial charge in [0.05, 0.1) is 0 Å². The third-order valence-corrected chi connectivity index (χ3v) is 4.70. The van der Waals surface area contributed by atoms with Crippen LogP contribution in [-0.4, -0.2) is 17.4 Å². The second kappa shape index (κ2) is 5.75. The summed E-state index contributed by atoms with van der Waals surface area (Å²) in [6.45, 7) is 2.77. The Kier molecular flexibility index (Phi) is 3.82. The number of amides is 1. The van der Waals surface area contributed by atoms with E-state index in [1.165, 1.54) is 10.4 Å². The van der Waals surface area contributed by atoms with Gasteiger partial charge < -0.3 is 0 Å². The average Bonchev–Trinajstić information content (AvgIpc) is 2.94. The molecule has 0 radical (unpaired) electrons. The van der Waals surface area contributed by atoms with Crippen LogP contribution in [-0.2, 0) is 19.5 Å². The SMILES string of the molecule is NNC(=O)c1ccccc1CN1CCc2sccc2C1. The molecule has 3 rings (SSSR count). The van der Waals surface area contributed by atoms with Crippen molar-refractivity contribution in [3.63, 3.8) is 0 Å². The maximum Gasteiger partial charge on any atom is 0.265 e. The molecule has 3 N–H and O–H groups in total. The molecule has 4 nitrogen and oxygen atoms in total. The summed E-state index contributed by atoms with van der Waals surface area (Å²) < 4.78 is 0. The number of thiophene rings is 1. The maximum absolute atomic E-state index is 11.8. The molecule has 0 atom stereocenters. The Balaban J connectivity index is 1.78. The Morgan fingerprint density at radius 2 is 2.20 bits per heavy atom. The number of rotatable bonds is 3. The highest BCUT2D eigenvalue weighted by Gasteiger charge is 2.19. The summed E-state index contributed by atoms with van der Waals surface area (Å²) in [5, 5.41) is 2.16. The van der Waals surface area contributed by atoms with Gasteiger partial charge in [0.2, 0.25) is 0 Å². The van der Waals surface area contributed by atoms with Gasteiger partial charge in [-0.15, -0.1) is 11.3 Å². The van der Waals surface area contributed by atoms with Crippen molar-refractivity contribution >= 4 is 17.2 Å². The van der Waals surface area contributed by atoms with E-state index in [9.17, 15) is 4.79 Å². The van der Waals surface area contributed by atoms with Crippen molar-refractivity contribution < 1.29 is 4.79 Å². The molecular weight excluding hydrogens is 270 g/mol. The van der Waals surface area contributed by atoms with Crippen molar-refractivity contribution in [3.05, 3.63) is 57.3 Å². The van der Waals surface area contributed by atoms with E-state index in [-0.39, 0.29) is 5.91 Å². The molecule has 0 saturated carbocycles. The van der Waals surface area contributed by atoms with Gasteiger partial charge >= 0.3 is 0 Å². The summed E-state index contributed by atoms with van der Waals surface area (Å²) in [4.78, 5) is 15.6. The fourth-order valence-electron chi connectivity index (χ4n) is 2.64. The van der Waals surface area contributed by atoms with Crippen LogP contribution in [0.1, 0.15) is 26.4 Å². The zero-order valence-electron chi connectivity index (χ0n) is 11.1. The predicted molar refractivity (Wildman–Crippen MR) is 80.2 cm³/mol. The quantitative estimate of drug-likeness (QED) is 0.515. The number of carbonyl (C=O) groups excluding carboxylic acids is 1. The predicted octanol–water partition coefficient (Wildman–Crippen LogP) is 1.91. The number of hydrogen-bond acceptors (Lipinski definition) is 4. The molecule has 0 unspecified atom stereocenters. The lowest BCUT2D eigenvalue weighted by molar-refractivity contribution is 0.0951. The summed E-state index contributed by atoms with van der Waals surface area (Å²) >= 11 is 1.84. The minimum Gasteiger partial charge on any atom is -0.294 e. The van der Waals surface area contributed by atoms with E-state index in [2.05, 4.69) is 21.8 Å². The molecular formula is C15H17N3OS. The molecule has 1 aliphatic rings. The number of hydrazine groups is 1. The maximum atomic E-state index is 11.8. The van der Waals surface area contributed by atoms with Gasteiger partial charge in [0.25, 0.3) is 5.91 Å². The summed E-state index contributed by atoms with van der Waals surface area (Å²) in [5.74, 6) is 5.02. The Morgan fingerprint density at radius 1 is 1.35 bits per heavy atom. The standard InChI is InChI=1S/C15H17N3OS/c16-17-15(19)13-4-2-1-3-11(13)9-18-7-5-14-12(10-18)6-8-20-14/h1-4,6,8H,5,7,9-10,16H2,(H,17,19). The van der Waals surface area contributed by atoms with Crippen LogP contribution in [0.5, 0.6) is 0 Å². The first-order valence-corrected chi connectivity index (χ1v) is 7.52. The van der Waals surface area contributed by atoms with E-state index in [0.29, 0.717) is 5.56 Å². The molecule has 1 aromatic carbocycles. The Hall–Kier alpha value is -1.69. The zero-order chi connectivity index (χ0) is 13.9. The number of carbonyl (C=O) groups is 1. The van der Waals surface area contributed by atoms with Crippen LogP contribution in [0.2, 0.25) is 0 Å². The van der Waals surface area contributed by atoms with Crippen LogP contribution in [0.4, 0.5) is 0 Å². The smallest absolute Gasteiger partial charge is 0.265 e. The van der Waals surface area contributed by atoms with Crippen molar-refractivity contribution in [2.24, 2.45) is 5.84 Å². The molecule has 104 valence electrons. The van der Waals surface area contributed by atoms with Gasteiger partial charge in [-0.25, -0.2) is 5.84 Å².